The first kappa shape index (κ1) is 19.0. The molecule has 130 valence electrons. The van der Waals surface area contributed by atoms with Gasteiger partial charge < -0.3 is 0 Å². The standard InChI is InChI=1S/C20H38S2/c1-17(2)9-15(10-18(3,4)13-17)21-22-16-11-19(5,6)14-20(7,8)12-16/h15-16H,9-14H2,1-8H3. The van der Waals surface area contributed by atoms with Gasteiger partial charge in [-0.25, -0.2) is 0 Å². The van der Waals surface area contributed by atoms with E-state index in [-0.39, 0.29) is 0 Å². The molecule has 2 saturated carbocycles. The molecule has 2 fully saturated rings. The van der Waals surface area contributed by atoms with Crippen molar-refractivity contribution in [3.63, 3.8) is 0 Å². The molecule has 0 saturated heterocycles. The first-order valence-electron chi connectivity index (χ1n) is 9.10. The van der Waals surface area contributed by atoms with E-state index >= 15 is 0 Å². The van der Waals surface area contributed by atoms with Gasteiger partial charge in [-0.05, 0) is 60.2 Å². The Balaban J connectivity index is 1.92. The Morgan fingerprint density at radius 2 is 0.727 bits per heavy atom. The van der Waals surface area contributed by atoms with Crippen LogP contribution in [0.1, 0.15) is 93.9 Å². The summed E-state index contributed by atoms with van der Waals surface area (Å²) in [7, 11) is 4.45. The molecule has 0 aliphatic heterocycles. The van der Waals surface area contributed by atoms with E-state index in [1.165, 1.54) is 38.5 Å². The van der Waals surface area contributed by atoms with Crippen molar-refractivity contribution in [2.24, 2.45) is 21.7 Å². The van der Waals surface area contributed by atoms with Crippen LogP contribution in [-0.2, 0) is 0 Å². The normalized spacial score (nSPS) is 31.1. The SMILES string of the molecule is CC1(C)CC(SSC2CC(C)(C)CC(C)(C)C2)CC(C)(C)C1. The third kappa shape index (κ3) is 5.65. The van der Waals surface area contributed by atoms with Crippen LogP contribution in [0.2, 0.25) is 0 Å². The van der Waals surface area contributed by atoms with Crippen molar-refractivity contribution in [2.45, 2.75) is 104 Å². The summed E-state index contributed by atoms with van der Waals surface area (Å²) in [6.07, 6.45) is 8.35. The fraction of sp³-hybridized carbons (Fsp3) is 1.00. The molecule has 0 radical (unpaired) electrons. The predicted octanol–water partition coefficient (Wildman–Crippen LogP) is 7.58. The highest BCUT2D eigenvalue weighted by Crippen LogP contribution is 2.55. The van der Waals surface area contributed by atoms with Gasteiger partial charge in [0.2, 0.25) is 0 Å². The zero-order chi connectivity index (χ0) is 16.8. The summed E-state index contributed by atoms with van der Waals surface area (Å²) in [5.74, 6) is 0. The molecule has 0 spiro atoms. The largest absolute Gasteiger partial charge is 0.0904 e. The highest BCUT2D eigenvalue weighted by Gasteiger charge is 2.41. The molecule has 0 aromatic rings. The summed E-state index contributed by atoms with van der Waals surface area (Å²) >= 11 is 0. The lowest BCUT2D eigenvalue weighted by molar-refractivity contribution is 0.120. The highest BCUT2D eigenvalue weighted by molar-refractivity contribution is 8.77. The van der Waals surface area contributed by atoms with E-state index < -0.39 is 0 Å². The molecular formula is C20H38S2. The predicted molar refractivity (Wildman–Crippen MR) is 106 cm³/mol. The van der Waals surface area contributed by atoms with Crippen LogP contribution in [0, 0.1) is 21.7 Å². The van der Waals surface area contributed by atoms with Gasteiger partial charge in [0.25, 0.3) is 0 Å². The molecule has 0 nitrogen and oxygen atoms in total. The fourth-order valence-corrected chi connectivity index (χ4v) is 9.93. The summed E-state index contributed by atoms with van der Waals surface area (Å²) in [6.45, 7) is 19.8. The summed E-state index contributed by atoms with van der Waals surface area (Å²) in [6, 6.07) is 0. The molecule has 2 rings (SSSR count). The number of hydrogen-bond donors (Lipinski definition) is 0. The lowest BCUT2D eigenvalue weighted by Crippen LogP contribution is -2.36. The van der Waals surface area contributed by atoms with Gasteiger partial charge in [0.15, 0.2) is 0 Å². The molecule has 0 heterocycles. The second-order valence-electron chi connectivity index (χ2n) is 11.3. The van der Waals surface area contributed by atoms with Gasteiger partial charge in [-0.2, -0.15) is 0 Å². The highest BCUT2D eigenvalue weighted by atomic mass is 33.1. The van der Waals surface area contributed by atoms with Crippen LogP contribution in [0.5, 0.6) is 0 Å². The number of hydrogen-bond acceptors (Lipinski definition) is 2. The smallest absolute Gasteiger partial charge is 0.0161 e. The maximum absolute atomic E-state index is 2.47. The monoisotopic (exact) mass is 342 g/mol. The summed E-state index contributed by atoms with van der Waals surface area (Å²) in [5.41, 5.74) is 2.08. The van der Waals surface area contributed by atoms with Crippen LogP contribution in [0.3, 0.4) is 0 Å². The van der Waals surface area contributed by atoms with E-state index in [1.807, 2.05) is 0 Å². The third-order valence-electron chi connectivity index (χ3n) is 5.36. The lowest BCUT2D eigenvalue weighted by atomic mass is 9.65. The summed E-state index contributed by atoms with van der Waals surface area (Å²) in [5, 5.41) is 1.69. The lowest BCUT2D eigenvalue weighted by Gasteiger charge is -2.46. The first-order chi connectivity index (χ1) is 9.78. The van der Waals surface area contributed by atoms with Crippen LogP contribution < -0.4 is 0 Å². The Morgan fingerprint density at radius 1 is 0.500 bits per heavy atom. The molecular weight excluding hydrogens is 304 g/mol. The molecule has 2 heteroatoms. The van der Waals surface area contributed by atoms with Crippen molar-refractivity contribution in [1.82, 2.24) is 0 Å². The average Bonchev–Trinajstić information content (AvgIpc) is 2.17. The summed E-state index contributed by atoms with van der Waals surface area (Å²) in [4.78, 5) is 0. The molecule has 0 N–H and O–H groups in total. The van der Waals surface area contributed by atoms with Crippen molar-refractivity contribution in [3.05, 3.63) is 0 Å². The van der Waals surface area contributed by atoms with Gasteiger partial charge in [-0.1, -0.05) is 77.0 Å². The molecule has 0 unspecified atom stereocenters. The maximum Gasteiger partial charge on any atom is 0.0161 e. The van der Waals surface area contributed by atoms with Gasteiger partial charge >= 0.3 is 0 Å². The van der Waals surface area contributed by atoms with E-state index in [0.29, 0.717) is 21.7 Å². The summed E-state index contributed by atoms with van der Waals surface area (Å²) < 4.78 is 0. The van der Waals surface area contributed by atoms with Crippen molar-refractivity contribution >= 4 is 21.6 Å². The second kappa shape index (κ2) is 6.21. The van der Waals surface area contributed by atoms with Gasteiger partial charge in [0.05, 0.1) is 0 Å². The second-order valence-corrected chi connectivity index (χ2v) is 14.1. The van der Waals surface area contributed by atoms with Crippen LogP contribution in [-0.4, -0.2) is 10.5 Å². The van der Waals surface area contributed by atoms with Gasteiger partial charge in [-0.15, -0.1) is 0 Å². The van der Waals surface area contributed by atoms with Crippen molar-refractivity contribution in [1.29, 1.82) is 0 Å². The van der Waals surface area contributed by atoms with Gasteiger partial charge in [0, 0.05) is 10.5 Å². The van der Waals surface area contributed by atoms with Crippen LogP contribution >= 0.6 is 21.6 Å². The zero-order valence-corrected chi connectivity index (χ0v) is 17.8. The third-order valence-corrected chi connectivity index (χ3v) is 8.65. The minimum atomic E-state index is 0.519. The van der Waals surface area contributed by atoms with Crippen molar-refractivity contribution < 1.29 is 0 Å². The Labute approximate surface area is 147 Å². The Kier molecular flexibility index (Phi) is 5.37. The van der Waals surface area contributed by atoms with Crippen molar-refractivity contribution in [2.75, 3.05) is 0 Å². The molecule has 0 amide bonds. The molecule has 0 aromatic heterocycles. The van der Waals surface area contributed by atoms with Crippen LogP contribution in [0.25, 0.3) is 0 Å². The minimum Gasteiger partial charge on any atom is -0.0904 e. The van der Waals surface area contributed by atoms with Crippen LogP contribution in [0.4, 0.5) is 0 Å². The quantitative estimate of drug-likeness (QED) is 0.485. The molecule has 2 aliphatic rings. The maximum atomic E-state index is 2.47. The Bertz CT molecular complexity index is 323. The van der Waals surface area contributed by atoms with Crippen LogP contribution in [0.15, 0.2) is 0 Å². The first-order valence-corrected chi connectivity index (χ1v) is 11.4. The Morgan fingerprint density at radius 3 is 0.955 bits per heavy atom. The van der Waals surface area contributed by atoms with E-state index in [4.69, 9.17) is 0 Å². The Hall–Kier alpha value is 0.700. The minimum absolute atomic E-state index is 0.519. The number of rotatable bonds is 3. The molecule has 22 heavy (non-hydrogen) atoms. The molecule has 0 atom stereocenters. The van der Waals surface area contributed by atoms with Gasteiger partial charge in [0.1, 0.15) is 0 Å². The topological polar surface area (TPSA) is 0 Å². The van der Waals surface area contributed by atoms with E-state index in [0.717, 1.165) is 10.5 Å². The average molecular weight is 343 g/mol. The molecule has 0 aromatic carbocycles. The van der Waals surface area contributed by atoms with E-state index in [1.54, 1.807) is 0 Å². The van der Waals surface area contributed by atoms with E-state index in [9.17, 15) is 0 Å². The van der Waals surface area contributed by atoms with Gasteiger partial charge in [-0.3, -0.25) is 0 Å². The zero-order valence-electron chi connectivity index (χ0n) is 16.2. The fourth-order valence-electron chi connectivity index (χ4n) is 5.78. The molecule has 2 aliphatic carbocycles. The molecule has 0 bridgehead atoms. The van der Waals surface area contributed by atoms with Crippen molar-refractivity contribution in [3.8, 4) is 0 Å². The van der Waals surface area contributed by atoms with E-state index in [2.05, 4.69) is 77.0 Å².